The molecule has 0 unspecified atom stereocenters. The van der Waals surface area contributed by atoms with Crippen molar-refractivity contribution in [2.75, 3.05) is 20.8 Å². The molecule has 0 aliphatic heterocycles. The SMILES string of the molecule is CCCCOc1c(OC)cc(/C=C/c2ccc(/C=C/c3cc(C)c(C)c(C)c3)cc2)cc1OC. The van der Waals surface area contributed by atoms with E-state index in [1.807, 2.05) is 12.1 Å². The van der Waals surface area contributed by atoms with Crippen molar-refractivity contribution in [2.45, 2.75) is 40.5 Å². The summed E-state index contributed by atoms with van der Waals surface area (Å²) in [5, 5.41) is 0. The number of methoxy groups -OCH3 is 2. The Hall–Kier alpha value is -3.46. The van der Waals surface area contributed by atoms with Gasteiger partial charge in [-0.1, -0.05) is 74.0 Å². The molecule has 178 valence electrons. The number of ether oxygens (including phenoxy) is 3. The van der Waals surface area contributed by atoms with Gasteiger partial charge >= 0.3 is 0 Å². The van der Waals surface area contributed by atoms with E-state index in [9.17, 15) is 0 Å². The summed E-state index contributed by atoms with van der Waals surface area (Å²) in [5.41, 5.74) is 8.54. The van der Waals surface area contributed by atoms with Crippen LogP contribution < -0.4 is 14.2 Å². The second kappa shape index (κ2) is 12.1. The van der Waals surface area contributed by atoms with Crippen molar-refractivity contribution in [1.29, 1.82) is 0 Å². The van der Waals surface area contributed by atoms with Crippen LogP contribution in [0.1, 0.15) is 58.7 Å². The van der Waals surface area contributed by atoms with Crippen LogP contribution in [0.15, 0.2) is 48.5 Å². The van der Waals surface area contributed by atoms with E-state index in [4.69, 9.17) is 14.2 Å². The maximum Gasteiger partial charge on any atom is 0.203 e. The molecule has 0 amide bonds. The molecule has 0 atom stereocenters. The first-order valence-corrected chi connectivity index (χ1v) is 11.9. The van der Waals surface area contributed by atoms with Gasteiger partial charge in [-0.25, -0.2) is 0 Å². The summed E-state index contributed by atoms with van der Waals surface area (Å²) in [4.78, 5) is 0. The zero-order valence-corrected chi connectivity index (χ0v) is 21.3. The number of rotatable bonds is 10. The summed E-state index contributed by atoms with van der Waals surface area (Å²) in [6.07, 6.45) is 10.5. The summed E-state index contributed by atoms with van der Waals surface area (Å²) in [6, 6.07) is 16.9. The van der Waals surface area contributed by atoms with E-state index >= 15 is 0 Å². The standard InChI is InChI=1S/C31H36O3/c1-7-8-17-34-31-29(32-5)20-28(21-30(31)33-6)16-14-26-11-9-25(10-12-26)13-15-27-18-22(2)24(4)23(3)19-27/h9-16,18-21H,7-8,17H2,1-6H3/b15-13+,16-14+. The van der Waals surface area contributed by atoms with Crippen molar-refractivity contribution in [3.8, 4) is 17.2 Å². The lowest BCUT2D eigenvalue weighted by molar-refractivity contribution is 0.270. The summed E-state index contributed by atoms with van der Waals surface area (Å²) in [7, 11) is 3.31. The monoisotopic (exact) mass is 456 g/mol. The molecule has 0 spiro atoms. The molecule has 0 saturated carbocycles. The number of hydrogen-bond donors (Lipinski definition) is 0. The smallest absolute Gasteiger partial charge is 0.203 e. The molecular formula is C31H36O3. The maximum atomic E-state index is 5.91. The number of unbranched alkanes of at least 4 members (excludes halogenated alkanes) is 1. The van der Waals surface area contributed by atoms with Crippen molar-refractivity contribution >= 4 is 24.3 Å². The van der Waals surface area contributed by atoms with E-state index in [2.05, 4.69) is 88.4 Å². The van der Waals surface area contributed by atoms with E-state index < -0.39 is 0 Å². The Labute approximate surface area is 204 Å². The fourth-order valence-corrected chi connectivity index (χ4v) is 3.73. The van der Waals surface area contributed by atoms with Gasteiger partial charge in [0.1, 0.15) is 0 Å². The Kier molecular flexibility index (Phi) is 8.98. The molecule has 3 aromatic carbocycles. The van der Waals surface area contributed by atoms with E-state index in [1.54, 1.807) is 14.2 Å². The average molecular weight is 457 g/mol. The molecule has 0 fully saturated rings. The predicted molar refractivity (Wildman–Crippen MR) is 145 cm³/mol. The topological polar surface area (TPSA) is 27.7 Å². The second-order valence-corrected chi connectivity index (χ2v) is 8.57. The minimum absolute atomic E-state index is 0.641. The quantitative estimate of drug-likeness (QED) is 0.227. The largest absolute Gasteiger partial charge is 0.493 e. The number of hydrogen-bond acceptors (Lipinski definition) is 3. The normalized spacial score (nSPS) is 11.4. The fourth-order valence-electron chi connectivity index (χ4n) is 3.73. The first-order chi connectivity index (χ1) is 16.4. The highest BCUT2D eigenvalue weighted by atomic mass is 16.5. The van der Waals surface area contributed by atoms with Gasteiger partial charge in [-0.3, -0.25) is 0 Å². The third kappa shape index (κ3) is 6.54. The molecule has 3 rings (SSSR count). The van der Waals surface area contributed by atoms with Gasteiger partial charge in [0.2, 0.25) is 5.75 Å². The minimum atomic E-state index is 0.641. The van der Waals surface area contributed by atoms with Crippen molar-refractivity contribution in [2.24, 2.45) is 0 Å². The molecule has 0 aliphatic carbocycles. The van der Waals surface area contributed by atoms with Gasteiger partial charge in [-0.2, -0.15) is 0 Å². The summed E-state index contributed by atoms with van der Waals surface area (Å²) in [5.74, 6) is 2.01. The zero-order valence-electron chi connectivity index (χ0n) is 21.3. The van der Waals surface area contributed by atoms with Crippen LogP contribution in [0.4, 0.5) is 0 Å². The van der Waals surface area contributed by atoms with Crippen LogP contribution in [0.5, 0.6) is 17.2 Å². The van der Waals surface area contributed by atoms with Crippen LogP contribution in [-0.2, 0) is 0 Å². The fraction of sp³-hybridized carbons (Fsp3) is 0.290. The Balaban J connectivity index is 1.73. The van der Waals surface area contributed by atoms with Crippen molar-refractivity contribution in [3.63, 3.8) is 0 Å². The zero-order chi connectivity index (χ0) is 24.5. The molecule has 0 aliphatic rings. The van der Waals surface area contributed by atoms with Crippen molar-refractivity contribution in [1.82, 2.24) is 0 Å². The molecule has 34 heavy (non-hydrogen) atoms. The van der Waals surface area contributed by atoms with Crippen molar-refractivity contribution in [3.05, 3.63) is 87.5 Å². The Morgan fingerprint density at radius 1 is 0.647 bits per heavy atom. The lowest BCUT2D eigenvalue weighted by Gasteiger charge is -2.15. The van der Waals surface area contributed by atoms with Gasteiger partial charge in [-0.15, -0.1) is 0 Å². The molecule has 0 N–H and O–H groups in total. The molecule has 3 heteroatoms. The Morgan fingerprint density at radius 3 is 1.53 bits per heavy atom. The van der Waals surface area contributed by atoms with Gasteiger partial charge in [0, 0.05) is 0 Å². The van der Waals surface area contributed by atoms with Gasteiger partial charge in [0.15, 0.2) is 11.5 Å². The average Bonchev–Trinajstić information content (AvgIpc) is 2.85. The summed E-state index contributed by atoms with van der Waals surface area (Å²) in [6.45, 7) is 9.28. The molecule has 0 heterocycles. The number of benzene rings is 3. The van der Waals surface area contributed by atoms with E-state index in [0.29, 0.717) is 23.9 Å². The van der Waals surface area contributed by atoms with Crippen LogP contribution in [0, 0.1) is 20.8 Å². The highest BCUT2D eigenvalue weighted by molar-refractivity contribution is 5.75. The van der Waals surface area contributed by atoms with E-state index in [1.165, 1.54) is 27.8 Å². The van der Waals surface area contributed by atoms with Gasteiger partial charge in [0.25, 0.3) is 0 Å². The van der Waals surface area contributed by atoms with Crippen LogP contribution in [0.3, 0.4) is 0 Å². The first kappa shape index (κ1) is 25.2. The molecule has 0 saturated heterocycles. The Bertz CT molecular complexity index is 1110. The molecular weight excluding hydrogens is 420 g/mol. The first-order valence-electron chi connectivity index (χ1n) is 11.9. The van der Waals surface area contributed by atoms with Crippen LogP contribution in [0.2, 0.25) is 0 Å². The molecule has 3 nitrogen and oxygen atoms in total. The molecule has 3 aromatic rings. The Morgan fingerprint density at radius 2 is 1.09 bits per heavy atom. The third-order valence-corrected chi connectivity index (χ3v) is 6.05. The van der Waals surface area contributed by atoms with Gasteiger partial charge in [-0.05, 0) is 78.3 Å². The van der Waals surface area contributed by atoms with E-state index in [0.717, 1.165) is 24.0 Å². The lowest BCUT2D eigenvalue weighted by Crippen LogP contribution is -2.01. The number of aryl methyl sites for hydroxylation is 2. The summed E-state index contributed by atoms with van der Waals surface area (Å²) >= 11 is 0. The van der Waals surface area contributed by atoms with Crippen LogP contribution >= 0.6 is 0 Å². The van der Waals surface area contributed by atoms with Gasteiger partial charge < -0.3 is 14.2 Å². The third-order valence-electron chi connectivity index (χ3n) is 6.05. The van der Waals surface area contributed by atoms with Gasteiger partial charge in [0.05, 0.1) is 20.8 Å². The van der Waals surface area contributed by atoms with Crippen molar-refractivity contribution < 1.29 is 14.2 Å². The molecule has 0 aromatic heterocycles. The summed E-state index contributed by atoms with van der Waals surface area (Å²) < 4.78 is 17.0. The molecule has 0 radical (unpaired) electrons. The maximum absolute atomic E-state index is 5.91. The highest BCUT2D eigenvalue weighted by Gasteiger charge is 2.13. The van der Waals surface area contributed by atoms with Crippen LogP contribution in [0.25, 0.3) is 24.3 Å². The second-order valence-electron chi connectivity index (χ2n) is 8.57. The highest BCUT2D eigenvalue weighted by Crippen LogP contribution is 2.39. The predicted octanol–water partition coefficient (Wildman–Crippen LogP) is 8.15. The van der Waals surface area contributed by atoms with Crippen LogP contribution in [-0.4, -0.2) is 20.8 Å². The molecule has 0 bridgehead atoms. The lowest BCUT2D eigenvalue weighted by atomic mass is 10.00. The van der Waals surface area contributed by atoms with E-state index in [-0.39, 0.29) is 0 Å². The minimum Gasteiger partial charge on any atom is -0.493 e.